The quantitative estimate of drug-likeness (QED) is 0.617. The molecule has 32 heavy (non-hydrogen) atoms. The molecule has 3 rings (SSSR count). The number of carboxylic acid groups (broad SMARTS) is 1. The first-order valence-corrected chi connectivity index (χ1v) is 10.9. The topological polar surface area (TPSA) is 95.9 Å². The number of hydrogen-bond acceptors (Lipinski definition) is 4. The van der Waals surface area contributed by atoms with Gasteiger partial charge in [0.25, 0.3) is 0 Å². The lowest BCUT2D eigenvalue weighted by atomic mass is 9.98. The van der Waals surface area contributed by atoms with Gasteiger partial charge in [-0.2, -0.15) is 0 Å². The Morgan fingerprint density at radius 2 is 1.62 bits per heavy atom. The number of aliphatic carboxylic acids is 1. The molecule has 0 spiro atoms. The second-order valence-electron chi connectivity index (χ2n) is 8.18. The summed E-state index contributed by atoms with van der Waals surface area (Å²) in [7, 11) is 1.46. The Bertz CT molecular complexity index is 944. The number of rotatable bonds is 9. The first kappa shape index (κ1) is 23.3. The number of likely N-dealkylation sites (N-methyl/N-ethyl adjacent to an activating group) is 1. The van der Waals surface area contributed by atoms with Gasteiger partial charge in [-0.3, -0.25) is 4.79 Å². The van der Waals surface area contributed by atoms with E-state index < -0.39 is 24.1 Å². The van der Waals surface area contributed by atoms with Crippen molar-refractivity contribution < 1.29 is 24.2 Å². The zero-order valence-electron chi connectivity index (χ0n) is 18.7. The van der Waals surface area contributed by atoms with Crippen LogP contribution < -0.4 is 5.32 Å². The molecule has 0 aromatic heterocycles. The van der Waals surface area contributed by atoms with Crippen molar-refractivity contribution in [2.45, 2.75) is 51.1 Å². The van der Waals surface area contributed by atoms with Gasteiger partial charge in [0.1, 0.15) is 12.6 Å². The van der Waals surface area contributed by atoms with Crippen molar-refractivity contribution in [1.29, 1.82) is 0 Å². The number of benzene rings is 2. The molecule has 0 aliphatic heterocycles. The highest BCUT2D eigenvalue weighted by atomic mass is 16.5. The van der Waals surface area contributed by atoms with Gasteiger partial charge in [-0.15, -0.1) is 0 Å². The molecule has 1 aliphatic rings. The predicted molar refractivity (Wildman–Crippen MR) is 121 cm³/mol. The fourth-order valence-corrected chi connectivity index (χ4v) is 4.12. The van der Waals surface area contributed by atoms with Crippen LogP contribution in [0.4, 0.5) is 4.79 Å². The van der Waals surface area contributed by atoms with E-state index in [0.717, 1.165) is 28.7 Å². The van der Waals surface area contributed by atoms with Crippen LogP contribution in [0.25, 0.3) is 11.1 Å². The molecule has 0 fully saturated rings. The van der Waals surface area contributed by atoms with Crippen molar-refractivity contribution in [2.24, 2.45) is 0 Å². The number of carbonyl (C=O) groups excluding carboxylic acids is 2. The molecule has 7 nitrogen and oxygen atoms in total. The molecule has 0 heterocycles. The van der Waals surface area contributed by atoms with Crippen molar-refractivity contribution in [3.8, 4) is 11.1 Å². The number of amides is 2. The first-order valence-electron chi connectivity index (χ1n) is 10.9. The summed E-state index contributed by atoms with van der Waals surface area (Å²) in [6, 6.07) is 14.9. The average molecular weight is 439 g/mol. The lowest BCUT2D eigenvalue weighted by molar-refractivity contribution is -0.148. The number of ether oxygens (including phenoxy) is 1. The van der Waals surface area contributed by atoms with Crippen molar-refractivity contribution in [3.63, 3.8) is 0 Å². The van der Waals surface area contributed by atoms with Gasteiger partial charge in [-0.05, 0) is 35.6 Å². The fraction of sp³-hybridized carbons (Fsp3) is 0.400. The van der Waals surface area contributed by atoms with Crippen LogP contribution in [-0.4, -0.2) is 53.7 Å². The SMILES string of the molecule is CCC[C@H](CC(=O)N(C)C(C)C(=O)O)NC(=O)OCC1c2ccccc2-c2ccccc21. The molecular weight excluding hydrogens is 408 g/mol. The van der Waals surface area contributed by atoms with E-state index in [-0.39, 0.29) is 24.9 Å². The van der Waals surface area contributed by atoms with Crippen molar-refractivity contribution in [3.05, 3.63) is 59.7 Å². The Kier molecular flexibility index (Phi) is 7.51. The van der Waals surface area contributed by atoms with E-state index in [9.17, 15) is 14.4 Å². The Hall–Kier alpha value is -3.35. The van der Waals surface area contributed by atoms with Crippen LogP contribution in [0.3, 0.4) is 0 Å². The van der Waals surface area contributed by atoms with Crippen LogP contribution in [0, 0.1) is 0 Å². The van der Waals surface area contributed by atoms with Gasteiger partial charge in [-0.25, -0.2) is 9.59 Å². The second kappa shape index (κ2) is 10.3. The van der Waals surface area contributed by atoms with E-state index in [1.165, 1.54) is 18.9 Å². The predicted octanol–water partition coefficient (Wildman–Crippen LogP) is 4.02. The Labute approximate surface area is 188 Å². The standard InChI is InChI=1S/C25H30N2O5/c1-4-9-17(14-23(28)27(3)16(2)24(29)30)26-25(31)32-15-22-20-12-7-5-10-18(20)19-11-6-8-13-21(19)22/h5-8,10-13,16-17,22H,4,9,14-15H2,1-3H3,(H,26,31)(H,29,30)/t16?,17-/m1/s1. The molecule has 0 saturated heterocycles. The monoisotopic (exact) mass is 438 g/mol. The molecule has 2 aromatic rings. The van der Waals surface area contributed by atoms with Crippen LogP contribution >= 0.6 is 0 Å². The number of alkyl carbamates (subject to hydrolysis) is 1. The molecule has 2 atom stereocenters. The highest BCUT2D eigenvalue weighted by Crippen LogP contribution is 2.44. The third-order valence-corrected chi connectivity index (χ3v) is 6.06. The van der Waals surface area contributed by atoms with E-state index in [1.807, 2.05) is 31.2 Å². The molecule has 2 aromatic carbocycles. The van der Waals surface area contributed by atoms with Crippen LogP contribution in [-0.2, 0) is 14.3 Å². The number of carbonyl (C=O) groups is 3. The third kappa shape index (κ3) is 5.10. The van der Waals surface area contributed by atoms with Crippen LogP contribution in [0.15, 0.2) is 48.5 Å². The van der Waals surface area contributed by atoms with Gasteiger partial charge < -0.3 is 20.1 Å². The normalized spacial score (nSPS) is 14.1. The van der Waals surface area contributed by atoms with Crippen LogP contribution in [0.2, 0.25) is 0 Å². The molecule has 2 N–H and O–H groups in total. The molecule has 1 unspecified atom stereocenters. The zero-order valence-corrected chi connectivity index (χ0v) is 18.7. The molecule has 170 valence electrons. The molecule has 2 amide bonds. The lowest BCUT2D eigenvalue weighted by Crippen LogP contribution is -2.44. The largest absolute Gasteiger partial charge is 0.480 e. The Morgan fingerprint density at radius 1 is 1.06 bits per heavy atom. The van der Waals surface area contributed by atoms with E-state index in [4.69, 9.17) is 9.84 Å². The van der Waals surface area contributed by atoms with Gasteiger partial charge >= 0.3 is 12.1 Å². The summed E-state index contributed by atoms with van der Waals surface area (Å²) < 4.78 is 5.58. The highest BCUT2D eigenvalue weighted by Gasteiger charge is 2.30. The van der Waals surface area contributed by atoms with Gasteiger partial charge in [0.2, 0.25) is 5.91 Å². The van der Waals surface area contributed by atoms with Gasteiger partial charge in [-0.1, -0.05) is 61.9 Å². The fourth-order valence-electron chi connectivity index (χ4n) is 4.12. The molecular formula is C25H30N2O5. The number of nitrogens with zero attached hydrogens (tertiary/aromatic N) is 1. The first-order chi connectivity index (χ1) is 15.3. The number of carboxylic acids is 1. The maximum absolute atomic E-state index is 12.6. The summed E-state index contributed by atoms with van der Waals surface area (Å²) in [5, 5.41) is 11.9. The summed E-state index contributed by atoms with van der Waals surface area (Å²) in [6.07, 6.45) is 0.795. The van der Waals surface area contributed by atoms with Crippen molar-refractivity contribution in [1.82, 2.24) is 10.2 Å². The van der Waals surface area contributed by atoms with Crippen molar-refractivity contribution >= 4 is 18.0 Å². The van der Waals surface area contributed by atoms with Crippen LogP contribution in [0.5, 0.6) is 0 Å². The minimum atomic E-state index is -1.07. The maximum Gasteiger partial charge on any atom is 0.407 e. The van der Waals surface area contributed by atoms with Gasteiger partial charge in [0.15, 0.2) is 0 Å². The smallest absolute Gasteiger partial charge is 0.407 e. The summed E-state index contributed by atoms with van der Waals surface area (Å²) in [5.41, 5.74) is 4.57. The summed E-state index contributed by atoms with van der Waals surface area (Å²) in [6.45, 7) is 3.61. The van der Waals surface area contributed by atoms with Gasteiger partial charge in [0.05, 0.1) is 0 Å². The second-order valence-corrected chi connectivity index (χ2v) is 8.18. The lowest BCUT2D eigenvalue weighted by Gasteiger charge is -2.25. The number of nitrogens with one attached hydrogen (secondary N) is 1. The average Bonchev–Trinajstić information content (AvgIpc) is 3.10. The molecule has 0 saturated carbocycles. The summed E-state index contributed by atoms with van der Waals surface area (Å²) >= 11 is 0. The minimum absolute atomic E-state index is 0.0200. The van der Waals surface area contributed by atoms with Crippen molar-refractivity contribution in [2.75, 3.05) is 13.7 Å². The molecule has 7 heteroatoms. The van der Waals surface area contributed by atoms with E-state index in [2.05, 4.69) is 29.6 Å². The zero-order chi connectivity index (χ0) is 23.3. The maximum atomic E-state index is 12.6. The number of hydrogen-bond donors (Lipinski definition) is 2. The molecule has 1 aliphatic carbocycles. The minimum Gasteiger partial charge on any atom is -0.480 e. The molecule has 0 bridgehead atoms. The van der Waals surface area contributed by atoms with E-state index >= 15 is 0 Å². The Morgan fingerprint density at radius 3 is 2.16 bits per heavy atom. The number of fused-ring (bicyclic) bond motifs is 3. The van der Waals surface area contributed by atoms with E-state index in [0.29, 0.717) is 6.42 Å². The highest BCUT2D eigenvalue weighted by molar-refractivity contribution is 5.84. The summed E-state index contributed by atoms with van der Waals surface area (Å²) in [4.78, 5) is 37.3. The van der Waals surface area contributed by atoms with E-state index in [1.54, 1.807) is 0 Å². The van der Waals surface area contributed by atoms with Gasteiger partial charge in [0, 0.05) is 25.4 Å². The Balaban J connectivity index is 1.62. The molecule has 0 radical (unpaired) electrons. The summed E-state index contributed by atoms with van der Waals surface area (Å²) in [5.74, 6) is -1.45. The third-order valence-electron chi connectivity index (χ3n) is 6.06. The van der Waals surface area contributed by atoms with Crippen LogP contribution in [0.1, 0.15) is 50.2 Å².